The van der Waals surface area contributed by atoms with Crippen molar-refractivity contribution in [3.63, 3.8) is 0 Å². The Bertz CT molecular complexity index is 1720. The second kappa shape index (κ2) is 14.9. The molecule has 0 aliphatic rings. The van der Waals surface area contributed by atoms with Gasteiger partial charge < -0.3 is 13.7 Å². The van der Waals surface area contributed by atoms with Gasteiger partial charge in [-0.25, -0.2) is 91.1 Å². The molecule has 3 aromatic carbocycles. The molecule has 28 heteroatoms. The van der Waals surface area contributed by atoms with E-state index in [0.717, 1.165) is 0 Å². The van der Waals surface area contributed by atoms with Gasteiger partial charge in [-0.2, -0.15) is 0 Å². The van der Waals surface area contributed by atoms with Crippen molar-refractivity contribution in [2.45, 2.75) is 14.7 Å². The summed E-state index contributed by atoms with van der Waals surface area (Å²) in [7, 11) is -17.3. The van der Waals surface area contributed by atoms with Crippen LogP contribution in [0.1, 0.15) is 0 Å². The molecule has 46 heavy (non-hydrogen) atoms. The molecular formula is C18AgF15O9S3. The summed E-state index contributed by atoms with van der Waals surface area (Å²) >= 11 is 0. The molecule has 9 nitrogen and oxygen atoms in total. The first kappa shape index (κ1) is 43.1. The van der Waals surface area contributed by atoms with Gasteiger partial charge in [0.1, 0.15) is 45.0 Å². The Morgan fingerprint density at radius 2 is 0.348 bits per heavy atom. The average Bonchev–Trinajstić information content (AvgIpc) is 2.89. The second-order valence-electron chi connectivity index (χ2n) is 7.06. The maximum absolute atomic E-state index is 12.6. The zero-order valence-corrected chi connectivity index (χ0v) is 23.8. The maximum Gasteiger partial charge on any atom is 3.00 e. The molecule has 0 N–H and O–H groups in total. The van der Waals surface area contributed by atoms with Crippen LogP contribution in [-0.2, 0) is 52.7 Å². The summed E-state index contributed by atoms with van der Waals surface area (Å²) in [4.78, 5) is -7.13. The SMILES string of the molecule is O=S(=O)([O-])c1c(F)c(F)c(F)c(F)c1F.O=S(=O)([O-])c1c(F)c(F)c(F)c(F)c1F.O=S(=O)([O-])c1c(F)c(F)c(F)c(F)c1F.[Ag+3]. The van der Waals surface area contributed by atoms with Gasteiger partial charge >= 0.3 is 22.4 Å². The molecule has 0 amide bonds. The van der Waals surface area contributed by atoms with Gasteiger partial charge in [-0.05, 0) is 0 Å². The first-order valence-corrected chi connectivity index (χ1v) is 13.7. The number of hydrogen-bond acceptors (Lipinski definition) is 9. The Morgan fingerprint density at radius 3 is 0.435 bits per heavy atom. The van der Waals surface area contributed by atoms with E-state index in [1.807, 2.05) is 0 Å². The van der Waals surface area contributed by atoms with Gasteiger partial charge in [-0.15, -0.1) is 0 Å². The molecule has 0 atom stereocenters. The molecule has 0 aliphatic heterocycles. The summed E-state index contributed by atoms with van der Waals surface area (Å²) < 4.78 is 279. The zero-order chi connectivity index (χ0) is 35.9. The van der Waals surface area contributed by atoms with Gasteiger partial charge in [-0.1, -0.05) is 0 Å². The molecule has 3 aromatic rings. The smallest absolute Gasteiger partial charge is 0.744 e. The van der Waals surface area contributed by atoms with E-state index < -0.39 is 132 Å². The molecule has 0 saturated heterocycles. The summed E-state index contributed by atoms with van der Waals surface area (Å²) in [5.41, 5.74) is 0. The van der Waals surface area contributed by atoms with E-state index in [9.17, 15) is 105 Å². The Balaban J connectivity index is 0.000000653. The van der Waals surface area contributed by atoms with Gasteiger partial charge in [0.15, 0.2) is 69.8 Å². The number of hydrogen-bond donors (Lipinski definition) is 0. The van der Waals surface area contributed by atoms with Gasteiger partial charge in [0.25, 0.3) is 0 Å². The van der Waals surface area contributed by atoms with Crippen molar-refractivity contribution in [1.82, 2.24) is 0 Å². The third-order valence-electron chi connectivity index (χ3n) is 4.26. The molecular weight excluding hydrogens is 849 g/mol. The van der Waals surface area contributed by atoms with Crippen LogP contribution in [0, 0.1) is 87.3 Å². The van der Waals surface area contributed by atoms with Crippen molar-refractivity contribution < 1.29 is 127 Å². The number of rotatable bonds is 3. The summed E-state index contributed by atoms with van der Waals surface area (Å²) in [5, 5.41) is 0. The van der Waals surface area contributed by atoms with Crippen molar-refractivity contribution in [2.24, 2.45) is 0 Å². The van der Waals surface area contributed by atoms with Crippen molar-refractivity contribution in [1.29, 1.82) is 0 Å². The molecule has 0 fully saturated rings. The van der Waals surface area contributed by atoms with E-state index in [-0.39, 0.29) is 22.4 Å². The van der Waals surface area contributed by atoms with Crippen LogP contribution in [0.25, 0.3) is 0 Å². The Morgan fingerprint density at radius 1 is 0.261 bits per heavy atom. The van der Waals surface area contributed by atoms with E-state index >= 15 is 0 Å². The molecule has 0 saturated carbocycles. The fourth-order valence-corrected chi connectivity index (χ4v) is 4.27. The average molecular weight is 849 g/mol. The van der Waals surface area contributed by atoms with E-state index in [0.29, 0.717) is 0 Å². The fourth-order valence-electron chi connectivity index (χ4n) is 2.41. The van der Waals surface area contributed by atoms with Crippen LogP contribution in [0.3, 0.4) is 0 Å². The van der Waals surface area contributed by atoms with Crippen LogP contribution in [0.4, 0.5) is 65.9 Å². The summed E-state index contributed by atoms with van der Waals surface area (Å²) in [6.07, 6.45) is 0. The van der Waals surface area contributed by atoms with Gasteiger partial charge in [-0.3, -0.25) is 0 Å². The number of benzene rings is 3. The number of halogens is 15. The van der Waals surface area contributed by atoms with Crippen LogP contribution >= 0.6 is 0 Å². The summed E-state index contributed by atoms with van der Waals surface area (Å²) in [5.74, 6) is -38.5. The Labute approximate surface area is 259 Å². The summed E-state index contributed by atoms with van der Waals surface area (Å²) in [6.45, 7) is 0. The largest absolute Gasteiger partial charge is 3.00 e. The third-order valence-corrected chi connectivity index (χ3v) is 6.83. The van der Waals surface area contributed by atoms with E-state index in [1.165, 1.54) is 0 Å². The maximum atomic E-state index is 12.6. The second-order valence-corrected chi connectivity index (χ2v) is 11.0. The minimum absolute atomic E-state index is 0. The molecule has 0 radical (unpaired) electrons. The van der Waals surface area contributed by atoms with Crippen molar-refractivity contribution in [3.8, 4) is 0 Å². The van der Waals surface area contributed by atoms with Crippen molar-refractivity contribution in [2.75, 3.05) is 0 Å². The Kier molecular flexibility index (Phi) is 13.9. The van der Waals surface area contributed by atoms with Crippen LogP contribution in [0.15, 0.2) is 14.7 Å². The molecule has 0 unspecified atom stereocenters. The predicted octanol–water partition coefficient (Wildman–Crippen LogP) is 3.86. The molecule has 0 spiro atoms. The third kappa shape index (κ3) is 8.70. The minimum atomic E-state index is -5.77. The Hall–Kier alpha value is -2.92. The molecule has 260 valence electrons. The molecule has 3 rings (SSSR count). The van der Waals surface area contributed by atoms with E-state index in [4.69, 9.17) is 0 Å². The van der Waals surface area contributed by atoms with Gasteiger partial charge in [0.2, 0.25) is 17.5 Å². The topological polar surface area (TPSA) is 172 Å². The van der Waals surface area contributed by atoms with Crippen LogP contribution in [0.5, 0.6) is 0 Å². The van der Waals surface area contributed by atoms with Gasteiger partial charge in [0, 0.05) is 0 Å². The first-order chi connectivity index (χ1) is 20.0. The van der Waals surface area contributed by atoms with E-state index in [2.05, 4.69) is 0 Å². The van der Waals surface area contributed by atoms with Crippen LogP contribution in [0.2, 0.25) is 0 Å². The van der Waals surface area contributed by atoms with E-state index in [1.54, 1.807) is 0 Å². The standard InChI is InChI=1S/3C6HF5O3S.Ag/c3*7-1-2(8)4(10)6(15(12,13)14)5(11)3(1)9;/h3*(H,12,13,14);/q;;;+3/p-3. The van der Waals surface area contributed by atoms with Crippen LogP contribution in [-0.4, -0.2) is 38.9 Å². The fraction of sp³-hybridized carbons (Fsp3) is 0. The molecule has 0 heterocycles. The van der Waals surface area contributed by atoms with Crippen LogP contribution < -0.4 is 0 Å². The van der Waals surface area contributed by atoms with Gasteiger partial charge in [0.05, 0.1) is 0 Å². The normalized spacial score (nSPS) is 11.6. The predicted molar refractivity (Wildman–Crippen MR) is 103 cm³/mol. The quantitative estimate of drug-likeness (QED) is 0.125. The van der Waals surface area contributed by atoms with Crippen molar-refractivity contribution >= 4 is 30.4 Å². The monoisotopic (exact) mass is 848 g/mol. The minimum Gasteiger partial charge on any atom is -0.744 e. The first-order valence-electron chi connectivity index (χ1n) is 9.45. The molecule has 0 bridgehead atoms. The molecule has 0 aliphatic carbocycles. The van der Waals surface area contributed by atoms with Crippen molar-refractivity contribution in [3.05, 3.63) is 87.3 Å². The molecule has 0 aromatic heterocycles. The summed E-state index contributed by atoms with van der Waals surface area (Å²) in [6, 6.07) is 0. The zero-order valence-electron chi connectivity index (χ0n) is 19.9.